The predicted octanol–water partition coefficient (Wildman–Crippen LogP) is 2.27. The maximum atomic E-state index is 9.16. The van der Waals surface area contributed by atoms with Crippen molar-refractivity contribution >= 4 is 11.8 Å². The van der Waals surface area contributed by atoms with Crippen LogP contribution in [0.4, 0.5) is 0 Å². The molecule has 0 bridgehead atoms. The Labute approximate surface area is 98.2 Å². The topological polar surface area (TPSA) is 32.3 Å². The molecule has 0 aliphatic heterocycles. The van der Waals surface area contributed by atoms with E-state index in [1.54, 1.807) is 0 Å². The molecule has 0 unspecified atom stereocenters. The highest BCUT2D eigenvalue weighted by Crippen LogP contribution is 2.27. The van der Waals surface area contributed by atoms with E-state index in [1.807, 2.05) is 11.8 Å². The molecule has 0 aromatic carbocycles. The summed E-state index contributed by atoms with van der Waals surface area (Å²) < 4.78 is 0. The van der Waals surface area contributed by atoms with Crippen LogP contribution in [0.15, 0.2) is 0 Å². The van der Waals surface area contributed by atoms with Crippen LogP contribution in [0.2, 0.25) is 0 Å². The molecule has 0 aromatic heterocycles. The molecule has 0 saturated heterocycles. The smallest absolute Gasteiger partial charge is 0.0494 e. The fourth-order valence-electron chi connectivity index (χ4n) is 1.98. The van der Waals surface area contributed by atoms with Crippen LogP contribution in [-0.4, -0.2) is 35.8 Å². The summed E-state index contributed by atoms with van der Waals surface area (Å²) in [6.45, 7) is 5.40. The molecule has 2 N–H and O–H groups in total. The van der Waals surface area contributed by atoms with Gasteiger partial charge in [-0.05, 0) is 31.9 Å². The number of hydrogen-bond acceptors (Lipinski definition) is 3. The second-order valence-electron chi connectivity index (χ2n) is 5.41. The van der Waals surface area contributed by atoms with Crippen molar-refractivity contribution in [3.8, 4) is 0 Å². The molecule has 1 fully saturated rings. The second kappa shape index (κ2) is 6.12. The SMILES string of the molecule is CSC1CCC(NCC(C)(C)CO)CC1. The standard InChI is InChI=1S/C12H25NOS/c1-12(2,9-14)8-13-10-4-6-11(15-3)7-5-10/h10-11,13-14H,4-9H2,1-3H3. The van der Waals surface area contributed by atoms with E-state index in [0.29, 0.717) is 6.04 Å². The Kier molecular flexibility index (Phi) is 5.44. The average molecular weight is 231 g/mol. The molecular formula is C12H25NOS. The molecule has 0 spiro atoms. The van der Waals surface area contributed by atoms with Gasteiger partial charge in [0.1, 0.15) is 0 Å². The molecule has 3 heteroatoms. The van der Waals surface area contributed by atoms with Crippen LogP contribution >= 0.6 is 11.8 Å². The number of nitrogens with one attached hydrogen (secondary N) is 1. The van der Waals surface area contributed by atoms with Gasteiger partial charge < -0.3 is 10.4 Å². The fraction of sp³-hybridized carbons (Fsp3) is 1.00. The number of aliphatic hydroxyl groups is 1. The minimum absolute atomic E-state index is 0.0242. The second-order valence-corrected chi connectivity index (χ2v) is 6.55. The predicted molar refractivity (Wildman–Crippen MR) is 68.4 cm³/mol. The maximum absolute atomic E-state index is 9.16. The first-order valence-corrected chi connectivity index (χ1v) is 7.23. The van der Waals surface area contributed by atoms with E-state index in [0.717, 1.165) is 11.8 Å². The van der Waals surface area contributed by atoms with Crippen LogP contribution in [0.25, 0.3) is 0 Å². The van der Waals surface area contributed by atoms with Crippen molar-refractivity contribution in [1.82, 2.24) is 5.32 Å². The molecule has 15 heavy (non-hydrogen) atoms. The molecule has 0 atom stereocenters. The minimum atomic E-state index is 0.0242. The van der Waals surface area contributed by atoms with E-state index in [1.165, 1.54) is 25.7 Å². The Balaban J connectivity index is 2.19. The summed E-state index contributed by atoms with van der Waals surface area (Å²) in [5.41, 5.74) is 0.0242. The van der Waals surface area contributed by atoms with Crippen molar-refractivity contribution in [2.75, 3.05) is 19.4 Å². The largest absolute Gasteiger partial charge is 0.396 e. The van der Waals surface area contributed by atoms with E-state index in [2.05, 4.69) is 25.4 Å². The van der Waals surface area contributed by atoms with Crippen LogP contribution in [0, 0.1) is 5.41 Å². The Morgan fingerprint density at radius 3 is 2.33 bits per heavy atom. The molecule has 0 heterocycles. The van der Waals surface area contributed by atoms with Crippen LogP contribution in [0.3, 0.4) is 0 Å². The first-order valence-electron chi connectivity index (χ1n) is 5.94. The van der Waals surface area contributed by atoms with Gasteiger partial charge in [0.15, 0.2) is 0 Å². The van der Waals surface area contributed by atoms with Gasteiger partial charge in [-0.25, -0.2) is 0 Å². The van der Waals surface area contributed by atoms with Crippen LogP contribution < -0.4 is 5.32 Å². The maximum Gasteiger partial charge on any atom is 0.0494 e. The summed E-state index contributed by atoms with van der Waals surface area (Å²) in [5, 5.41) is 13.6. The van der Waals surface area contributed by atoms with Gasteiger partial charge in [0, 0.05) is 29.9 Å². The lowest BCUT2D eigenvalue weighted by molar-refractivity contribution is 0.150. The number of hydrogen-bond donors (Lipinski definition) is 2. The lowest BCUT2D eigenvalue weighted by Gasteiger charge is -2.31. The number of rotatable bonds is 5. The van der Waals surface area contributed by atoms with Crippen molar-refractivity contribution in [2.45, 2.75) is 50.8 Å². The third-order valence-electron chi connectivity index (χ3n) is 3.30. The third kappa shape index (κ3) is 4.75. The van der Waals surface area contributed by atoms with Crippen LogP contribution in [-0.2, 0) is 0 Å². The fourth-order valence-corrected chi connectivity index (χ4v) is 2.72. The molecule has 1 saturated carbocycles. The molecule has 0 aromatic rings. The Morgan fingerprint density at radius 1 is 1.27 bits per heavy atom. The van der Waals surface area contributed by atoms with Crippen molar-refractivity contribution in [3.63, 3.8) is 0 Å². The monoisotopic (exact) mass is 231 g/mol. The molecule has 90 valence electrons. The van der Waals surface area contributed by atoms with Crippen molar-refractivity contribution in [2.24, 2.45) is 5.41 Å². The van der Waals surface area contributed by atoms with E-state index in [9.17, 15) is 0 Å². The zero-order chi connectivity index (χ0) is 11.3. The van der Waals surface area contributed by atoms with Gasteiger partial charge in [-0.1, -0.05) is 13.8 Å². The summed E-state index contributed by atoms with van der Waals surface area (Å²) in [5.74, 6) is 0. The molecule has 0 radical (unpaired) electrons. The summed E-state index contributed by atoms with van der Waals surface area (Å²) in [6, 6.07) is 0.680. The normalized spacial score (nSPS) is 28.0. The number of aliphatic hydroxyl groups excluding tert-OH is 1. The van der Waals surface area contributed by atoms with Crippen molar-refractivity contribution < 1.29 is 5.11 Å². The van der Waals surface area contributed by atoms with Crippen molar-refractivity contribution in [3.05, 3.63) is 0 Å². The zero-order valence-corrected chi connectivity index (χ0v) is 11.1. The van der Waals surface area contributed by atoms with Gasteiger partial charge in [0.2, 0.25) is 0 Å². The van der Waals surface area contributed by atoms with E-state index >= 15 is 0 Å². The third-order valence-corrected chi connectivity index (χ3v) is 4.44. The van der Waals surface area contributed by atoms with Gasteiger partial charge in [-0.2, -0.15) is 11.8 Å². The van der Waals surface area contributed by atoms with E-state index < -0.39 is 0 Å². The average Bonchev–Trinajstić information content (AvgIpc) is 2.27. The van der Waals surface area contributed by atoms with Gasteiger partial charge in [-0.15, -0.1) is 0 Å². The van der Waals surface area contributed by atoms with Gasteiger partial charge in [0.25, 0.3) is 0 Å². The van der Waals surface area contributed by atoms with Crippen molar-refractivity contribution in [1.29, 1.82) is 0 Å². The Bertz CT molecular complexity index is 176. The van der Waals surface area contributed by atoms with E-state index in [4.69, 9.17) is 5.11 Å². The number of thioether (sulfide) groups is 1. The first-order chi connectivity index (χ1) is 7.07. The lowest BCUT2D eigenvalue weighted by atomic mass is 9.91. The lowest BCUT2D eigenvalue weighted by Crippen LogP contribution is -2.40. The molecule has 1 aliphatic carbocycles. The highest BCUT2D eigenvalue weighted by atomic mass is 32.2. The molecular weight excluding hydrogens is 206 g/mol. The summed E-state index contributed by atoms with van der Waals surface area (Å²) >= 11 is 2.01. The van der Waals surface area contributed by atoms with Crippen LogP contribution in [0.1, 0.15) is 39.5 Å². The van der Waals surface area contributed by atoms with Crippen LogP contribution in [0.5, 0.6) is 0 Å². The van der Waals surface area contributed by atoms with Gasteiger partial charge in [-0.3, -0.25) is 0 Å². The molecule has 1 rings (SSSR count). The summed E-state index contributed by atoms with van der Waals surface area (Å²) in [4.78, 5) is 0. The minimum Gasteiger partial charge on any atom is -0.396 e. The summed E-state index contributed by atoms with van der Waals surface area (Å²) in [7, 11) is 0. The molecule has 1 aliphatic rings. The summed E-state index contributed by atoms with van der Waals surface area (Å²) in [6.07, 6.45) is 7.50. The zero-order valence-electron chi connectivity index (χ0n) is 10.3. The molecule has 2 nitrogen and oxygen atoms in total. The quantitative estimate of drug-likeness (QED) is 0.761. The highest BCUT2D eigenvalue weighted by molar-refractivity contribution is 7.99. The highest BCUT2D eigenvalue weighted by Gasteiger charge is 2.23. The van der Waals surface area contributed by atoms with Gasteiger partial charge in [0.05, 0.1) is 0 Å². The Morgan fingerprint density at radius 2 is 1.87 bits per heavy atom. The molecule has 0 amide bonds. The Hall–Kier alpha value is 0.270. The van der Waals surface area contributed by atoms with E-state index in [-0.39, 0.29) is 12.0 Å². The first kappa shape index (κ1) is 13.3. The van der Waals surface area contributed by atoms with Gasteiger partial charge >= 0.3 is 0 Å².